The zero-order valence-electron chi connectivity index (χ0n) is 15.6. The van der Waals surface area contributed by atoms with Crippen LogP contribution in [0.5, 0.6) is 5.75 Å². The van der Waals surface area contributed by atoms with Crippen LogP contribution in [-0.4, -0.2) is 33.6 Å². The van der Waals surface area contributed by atoms with Crippen molar-refractivity contribution < 1.29 is 17.9 Å². The molecule has 3 rings (SSSR count). The third kappa shape index (κ3) is 4.06. The van der Waals surface area contributed by atoms with E-state index in [0.29, 0.717) is 17.6 Å². The fraction of sp³-hybridized carbons (Fsp3) is 0.381. The van der Waals surface area contributed by atoms with Crippen molar-refractivity contribution in [1.29, 1.82) is 0 Å². The second-order valence-corrected chi connectivity index (χ2v) is 8.88. The van der Waals surface area contributed by atoms with Gasteiger partial charge in [-0.25, -0.2) is 8.42 Å². The van der Waals surface area contributed by atoms with Crippen LogP contribution < -0.4 is 10.1 Å². The van der Waals surface area contributed by atoms with Crippen LogP contribution >= 0.6 is 0 Å². The second-order valence-electron chi connectivity index (χ2n) is 6.88. The number of methoxy groups -OCH3 is 1. The molecule has 2 atom stereocenters. The number of fused-ring (bicyclic) bond motifs is 1. The van der Waals surface area contributed by atoms with Gasteiger partial charge in [-0.3, -0.25) is 4.79 Å². The molecule has 1 heterocycles. The molecule has 5 nitrogen and oxygen atoms in total. The van der Waals surface area contributed by atoms with E-state index in [2.05, 4.69) is 12.2 Å². The maximum absolute atomic E-state index is 13.1. The van der Waals surface area contributed by atoms with E-state index in [4.69, 9.17) is 4.74 Å². The highest BCUT2D eigenvalue weighted by Crippen LogP contribution is 2.36. The fourth-order valence-electron chi connectivity index (χ4n) is 3.62. The van der Waals surface area contributed by atoms with Gasteiger partial charge in [-0.1, -0.05) is 50.1 Å². The molecule has 0 aromatic heterocycles. The highest BCUT2D eigenvalue weighted by molar-refractivity contribution is 7.91. The first kappa shape index (κ1) is 19.6. The number of benzene rings is 2. The van der Waals surface area contributed by atoms with E-state index in [1.807, 2.05) is 30.3 Å². The molecule has 0 bridgehead atoms. The number of unbranched alkanes of at least 4 members (excludes halogenated alkanes) is 1. The Balaban J connectivity index is 2.20. The van der Waals surface area contributed by atoms with E-state index in [0.717, 1.165) is 24.8 Å². The van der Waals surface area contributed by atoms with E-state index in [-0.39, 0.29) is 28.3 Å². The molecule has 0 aliphatic carbocycles. The Morgan fingerprint density at radius 1 is 1.22 bits per heavy atom. The van der Waals surface area contributed by atoms with Crippen LogP contribution in [0.4, 0.5) is 0 Å². The van der Waals surface area contributed by atoms with Crippen LogP contribution in [0.3, 0.4) is 0 Å². The zero-order valence-corrected chi connectivity index (χ0v) is 16.5. The number of carbonyl (C=O) groups excluding carboxylic acids is 1. The Bertz CT molecular complexity index is 909. The number of rotatable bonds is 6. The monoisotopic (exact) mass is 387 g/mol. The quantitative estimate of drug-likeness (QED) is 0.768. The second kappa shape index (κ2) is 8.23. The van der Waals surface area contributed by atoms with Gasteiger partial charge < -0.3 is 10.1 Å². The molecule has 0 saturated heterocycles. The highest BCUT2D eigenvalue weighted by Gasteiger charge is 2.34. The summed E-state index contributed by atoms with van der Waals surface area (Å²) in [6.07, 6.45) is 3.38. The zero-order chi connectivity index (χ0) is 19.4. The SMILES string of the molecule is CCCC[C@@H]1CS(=O)(=O)c2cc(C=O)c(OC)cc2[C@@H](c2ccccc2)N1. The maximum Gasteiger partial charge on any atom is 0.180 e. The molecule has 6 heteroatoms. The molecule has 0 radical (unpaired) electrons. The third-order valence-corrected chi connectivity index (χ3v) is 6.86. The molecule has 0 amide bonds. The summed E-state index contributed by atoms with van der Waals surface area (Å²) in [4.78, 5) is 11.6. The molecular weight excluding hydrogens is 362 g/mol. The van der Waals surface area contributed by atoms with Gasteiger partial charge in [0.05, 0.1) is 29.4 Å². The fourth-order valence-corrected chi connectivity index (χ4v) is 5.44. The summed E-state index contributed by atoms with van der Waals surface area (Å²) in [5.74, 6) is 0.405. The smallest absolute Gasteiger partial charge is 0.180 e. The van der Waals surface area contributed by atoms with E-state index in [1.54, 1.807) is 6.07 Å². The van der Waals surface area contributed by atoms with E-state index in [1.165, 1.54) is 13.2 Å². The van der Waals surface area contributed by atoms with Gasteiger partial charge in [0, 0.05) is 6.04 Å². The topological polar surface area (TPSA) is 72.5 Å². The van der Waals surface area contributed by atoms with Gasteiger partial charge in [-0.2, -0.15) is 0 Å². The van der Waals surface area contributed by atoms with Crippen LogP contribution in [0.15, 0.2) is 47.4 Å². The molecule has 144 valence electrons. The number of hydrogen-bond acceptors (Lipinski definition) is 5. The predicted octanol–water partition coefficient (Wildman–Crippen LogP) is 3.53. The molecule has 0 saturated carbocycles. The Morgan fingerprint density at radius 3 is 2.59 bits per heavy atom. The third-order valence-electron chi connectivity index (χ3n) is 5.00. The number of carbonyl (C=O) groups is 1. The Kier molecular flexibility index (Phi) is 5.97. The Labute approximate surface area is 160 Å². The minimum absolute atomic E-state index is 0.0218. The summed E-state index contributed by atoms with van der Waals surface area (Å²) in [5.41, 5.74) is 1.86. The predicted molar refractivity (Wildman–Crippen MR) is 105 cm³/mol. The van der Waals surface area contributed by atoms with Crippen LogP contribution in [-0.2, 0) is 9.84 Å². The van der Waals surface area contributed by atoms with Crippen LogP contribution in [0.25, 0.3) is 0 Å². The lowest BCUT2D eigenvalue weighted by Crippen LogP contribution is -2.35. The van der Waals surface area contributed by atoms with Crippen molar-refractivity contribution in [1.82, 2.24) is 5.32 Å². The van der Waals surface area contributed by atoms with Crippen LogP contribution in [0.1, 0.15) is 53.7 Å². The van der Waals surface area contributed by atoms with Gasteiger partial charge in [0.1, 0.15) is 5.75 Å². The van der Waals surface area contributed by atoms with Crippen LogP contribution in [0.2, 0.25) is 0 Å². The van der Waals surface area contributed by atoms with Crippen molar-refractivity contribution in [3.05, 3.63) is 59.2 Å². The Morgan fingerprint density at radius 2 is 1.96 bits per heavy atom. The first-order chi connectivity index (χ1) is 13.0. The van der Waals surface area contributed by atoms with Crippen LogP contribution in [0, 0.1) is 0 Å². The molecule has 27 heavy (non-hydrogen) atoms. The molecule has 2 aromatic rings. The minimum atomic E-state index is -3.53. The average molecular weight is 388 g/mol. The molecule has 0 fully saturated rings. The normalized spacial score (nSPS) is 21.1. The molecule has 1 aliphatic heterocycles. The highest BCUT2D eigenvalue weighted by atomic mass is 32.2. The molecule has 1 aliphatic rings. The van der Waals surface area contributed by atoms with Gasteiger partial charge in [0.2, 0.25) is 0 Å². The number of sulfone groups is 1. The summed E-state index contributed by atoms with van der Waals surface area (Å²) < 4.78 is 31.6. The van der Waals surface area contributed by atoms with Crippen molar-refractivity contribution in [2.75, 3.05) is 12.9 Å². The molecular formula is C21H25NO4S. The van der Waals surface area contributed by atoms with Gasteiger partial charge in [-0.05, 0) is 29.7 Å². The summed E-state index contributed by atoms with van der Waals surface area (Å²) in [6, 6.07) is 12.5. The molecule has 0 spiro atoms. The first-order valence-corrected chi connectivity index (χ1v) is 10.9. The van der Waals surface area contributed by atoms with Crippen molar-refractivity contribution in [3.8, 4) is 5.75 Å². The number of nitrogens with one attached hydrogen (secondary N) is 1. The van der Waals surface area contributed by atoms with Gasteiger partial charge in [-0.15, -0.1) is 0 Å². The van der Waals surface area contributed by atoms with Gasteiger partial charge in [0.15, 0.2) is 16.1 Å². The molecule has 2 aromatic carbocycles. The number of hydrogen-bond donors (Lipinski definition) is 1. The van der Waals surface area contributed by atoms with Crippen molar-refractivity contribution >= 4 is 16.1 Å². The van der Waals surface area contributed by atoms with Gasteiger partial charge >= 0.3 is 0 Å². The lowest BCUT2D eigenvalue weighted by molar-refractivity contribution is 0.112. The number of aldehydes is 1. The summed E-state index contributed by atoms with van der Waals surface area (Å²) in [5, 5.41) is 3.54. The maximum atomic E-state index is 13.1. The lowest BCUT2D eigenvalue weighted by Gasteiger charge is -2.24. The summed E-state index contributed by atoms with van der Waals surface area (Å²) in [7, 11) is -2.05. The standard InChI is InChI=1S/C21H25NO4S/c1-3-4-10-17-14-27(24,25)20-11-16(13-23)19(26-2)12-18(20)21(22-17)15-8-6-5-7-9-15/h5-9,11-13,17,21-22H,3-4,10,14H2,1-2H3/t17-,21-/m1/s1. The van der Waals surface area contributed by atoms with Gasteiger partial charge in [0.25, 0.3) is 0 Å². The molecule has 1 N–H and O–H groups in total. The van der Waals surface area contributed by atoms with Crippen molar-refractivity contribution in [2.45, 2.75) is 43.2 Å². The average Bonchev–Trinajstić information content (AvgIpc) is 2.79. The largest absolute Gasteiger partial charge is 0.496 e. The van der Waals surface area contributed by atoms with Crippen molar-refractivity contribution in [3.63, 3.8) is 0 Å². The van der Waals surface area contributed by atoms with E-state index >= 15 is 0 Å². The lowest BCUT2D eigenvalue weighted by atomic mass is 9.96. The first-order valence-electron chi connectivity index (χ1n) is 9.21. The van der Waals surface area contributed by atoms with E-state index < -0.39 is 9.84 Å². The summed E-state index contributed by atoms with van der Waals surface area (Å²) >= 11 is 0. The molecule has 0 unspecified atom stereocenters. The number of ether oxygens (including phenoxy) is 1. The summed E-state index contributed by atoms with van der Waals surface area (Å²) in [6.45, 7) is 2.09. The van der Waals surface area contributed by atoms with Crippen molar-refractivity contribution in [2.24, 2.45) is 0 Å². The Hall–Kier alpha value is -2.18. The van der Waals surface area contributed by atoms with E-state index in [9.17, 15) is 13.2 Å². The minimum Gasteiger partial charge on any atom is -0.496 e.